The molecule has 3 atom stereocenters. The number of rotatable bonds is 16. The molecule has 3 aliphatic rings. The lowest BCUT2D eigenvalue weighted by Crippen LogP contribution is -2.63. The van der Waals surface area contributed by atoms with Crippen molar-refractivity contribution in [2.45, 2.75) is 161 Å². The zero-order valence-corrected chi connectivity index (χ0v) is 31.0. The van der Waals surface area contributed by atoms with Crippen LogP contribution >= 0.6 is 0 Å². The van der Waals surface area contributed by atoms with Gasteiger partial charge in [-0.05, 0) is 64.2 Å². The second-order valence-corrected chi connectivity index (χ2v) is 17.2. The molecule has 14 heteroatoms. The van der Waals surface area contributed by atoms with Gasteiger partial charge in [-0.15, -0.1) is 0 Å². The molecule has 4 N–H and O–H groups in total. The van der Waals surface area contributed by atoms with E-state index in [9.17, 15) is 32.4 Å². The molecule has 3 fully saturated rings. The highest BCUT2D eigenvalue weighted by atomic mass is 32.2. The Bertz CT molecular complexity index is 1270. The van der Waals surface area contributed by atoms with E-state index in [4.69, 9.17) is 0 Å². The summed E-state index contributed by atoms with van der Waals surface area (Å²) in [5.41, 5.74) is -1.72. The second-order valence-electron chi connectivity index (χ2n) is 15.3. The van der Waals surface area contributed by atoms with E-state index >= 15 is 0 Å². The van der Waals surface area contributed by atoms with Crippen molar-refractivity contribution in [3.8, 4) is 0 Å². The van der Waals surface area contributed by atoms with Gasteiger partial charge in [0.2, 0.25) is 27.6 Å². The van der Waals surface area contributed by atoms with Gasteiger partial charge in [0.05, 0.1) is 17.3 Å². The topological polar surface area (TPSA) is 174 Å². The molecule has 2 aliphatic carbocycles. The first-order chi connectivity index (χ1) is 22.4. The molecule has 1 unspecified atom stereocenters. The molecule has 0 spiro atoms. The Kier molecular flexibility index (Phi) is 13.9. The highest BCUT2D eigenvalue weighted by Gasteiger charge is 2.45. The summed E-state index contributed by atoms with van der Waals surface area (Å²) in [4.78, 5) is 68.4. The van der Waals surface area contributed by atoms with Gasteiger partial charge in [0.1, 0.15) is 12.1 Å². The maximum absolute atomic E-state index is 14.1. The Morgan fingerprint density at radius 2 is 1.58 bits per heavy atom. The van der Waals surface area contributed by atoms with Crippen molar-refractivity contribution in [2.75, 3.05) is 18.8 Å². The molecule has 0 aromatic rings. The summed E-state index contributed by atoms with van der Waals surface area (Å²) in [5.74, 6) is -2.53. The maximum atomic E-state index is 14.1. The lowest BCUT2D eigenvalue weighted by molar-refractivity contribution is -0.143. The summed E-state index contributed by atoms with van der Waals surface area (Å²) >= 11 is 0. The minimum Gasteiger partial charge on any atom is -0.347 e. The number of ketones is 1. The van der Waals surface area contributed by atoms with Crippen molar-refractivity contribution in [3.05, 3.63) is 0 Å². The van der Waals surface area contributed by atoms with Crippen LogP contribution in [0, 0.1) is 5.41 Å². The summed E-state index contributed by atoms with van der Waals surface area (Å²) in [7, 11) is -3.69. The van der Waals surface area contributed by atoms with E-state index in [1.807, 2.05) is 41.5 Å². The second kappa shape index (κ2) is 16.8. The molecule has 0 bridgehead atoms. The summed E-state index contributed by atoms with van der Waals surface area (Å²) in [6.07, 6.45) is 7.87. The van der Waals surface area contributed by atoms with E-state index in [-0.39, 0.29) is 17.8 Å². The molecule has 2 saturated carbocycles. The molecule has 1 saturated heterocycles. The third kappa shape index (κ3) is 10.6. The lowest BCUT2D eigenvalue weighted by Gasteiger charge is -2.41. The molecule has 1 aliphatic heterocycles. The van der Waals surface area contributed by atoms with Crippen LogP contribution in [0.1, 0.15) is 126 Å². The fraction of sp³-hybridized carbons (Fsp3) is 0.853. The van der Waals surface area contributed by atoms with Gasteiger partial charge in [-0.25, -0.2) is 13.2 Å². The fourth-order valence-corrected chi connectivity index (χ4v) is 9.22. The summed E-state index contributed by atoms with van der Waals surface area (Å²) in [5, 5.41) is 11.3. The number of sulfonamides is 1. The van der Waals surface area contributed by atoms with E-state index in [2.05, 4.69) is 21.3 Å². The third-order valence-corrected chi connectivity index (χ3v) is 12.0. The Labute approximate surface area is 287 Å². The highest BCUT2D eigenvalue weighted by Crippen LogP contribution is 2.32. The minimum atomic E-state index is -3.69. The molecule has 5 amide bonds. The predicted molar refractivity (Wildman–Crippen MR) is 184 cm³/mol. The molecular formula is C34H60N6O7S. The fourth-order valence-electron chi connectivity index (χ4n) is 6.96. The van der Waals surface area contributed by atoms with Gasteiger partial charge in [0, 0.05) is 25.2 Å². The molecule has 3 rings (SSSR count). The monoisotopic (exact) mass is 696 g/mol. The van der Waals surface area contributed by atoms with Crippen LogP contribution in [0.15, 0.2) is 0 Å². The molecule has 0 radical (unpaired) electrons. The number of nitrogens with zero attached hydrogens (tertiary/aromatic N) is 2. The number of unbranched alkanes of at least 4 members (excludes halogenated alkanes) is 1. The largest absolute Gasteiger partial charge is 0.347 e. The molecule has 13 nitrogen and oxygen atoms in total. The van der Waals surface area contributed by atoms with Crippen LogP contribution in [0.2, 0.25) is 0 Å². The number of hydrogen-bond acceptors (Lipinski definition) is 7. The highest BCUT2D eigenvalue weighted by molar-refractivity contribution is 7.89. The number of nitrogens with one attached hydrogen (secondary N) is 4. The van der Waals surface area contributed by atoms with Gasteiger partial charge in [-0.3, -0.25) is 19.2 Å². The van der Waals surface area contributed by atoms with Gasteiger partial charge >= 0.3 is 6.03 Å². The smallest absolute Gasteiger partial charge is 0.315 e. The van der Waals surface area contributed by atoms with Crippen LogP contribution < -0.4 is 21.3 Å². The maximum Gasteiger partial charge on any atom is 0.315 e. The average Bonchev–Trinajstić information content (AvgIpc) is 3.67. The molecular weight excluding hydrogens is 636 g/mol. The number of urea groups is 1. The Balaban J connectivity index is 1.76. The Morgan fingerprint density at radius 1 is 0.938 bits per heavy atom. The predicted octanol–water partition coefficient (Wildman–Crippen LogP) is 2.98. The van der Waals surface area contributed by atoms with Crippen molar-refractivity contribution in [1.82, 2.24) is 30.5 Å². The molecule has 1 heterocycles. The van der Waals surface area contributed by atoms with Crippen LogP contribution in [0.25, 0.3) is 0 Å². The van der Waals surface area contributed by atoms with E-state index < -0.39 is 68.6 Å². The van der Waals surface area contributed by atoms with E-state index in [1.165, 1.54) is 9.21 Å². The number of carbonyl (C=O) groups excluding carboxylic acids is 5. The molecule has 48 heavy (non-hydrogen) atoms. The van der Waals surface area contributed by atoms with Crippen molar-refractivity contribution >= 4 is 39.6 Å². The molecule has 0 aromatic carbocycles. The van der Waals surface area contributed by atoms with Gasteiger partial charge in [-0.1, -0.05) is 66.7 Å². The minimum absolute atomic E-state index is 0.00872. The lowest BCUT2D eigenvalue weighted by atomic mass is 9.83. The quantitative estimate of drug-likeness (QED) is 0.180. The first-order valence-corrected chi connectivity index (χ1v) is 19.6. The summed E-state index contributed by atoms with van der Waals surface area (Å²) in [6.45, 7) is 13.5. The van der Waals surface area contributed by atoms with Crippen LogP contribution in [0.4, 0.5) is 4.79 Å². The van der Waals surface area contributed by atoms with Crippen LogP contribution in [-0.2, 0) is 29.2 Å². The summed E-state index contributed by atoms with van der Waals surface area (Å²) in [6, 6.07) is -3.70. The Morgan fingerprint density at radius 3 is 2.12 bits per heavy atom. The van der Waals surface area contributed by atoms with Crippen LogP contribution in [0.3, 0.4) is 0 Å². The van der Waals surface area contributed by atoms with Crippen LogP contribution in [-0.4, -0.2) is 102 Å². The van der Waals surface area contributed by atoms with Crippen molar-refractivity contribution in [2.24, 2.45) is 5.41 Å². The zero-order chi connectivity index (χ0) is 35.9. The van der Waals surface area contributed by atoms with Crippen molar-refractivity contribution in [1.29, 1.82) is 0 Å². The number of Topliss-reactive ketones (excluding diaryl/α,β-unsaturated/α-hetero) is 1. The standard InChI is InChI=1S/C34H60N6O7S/c1-8-10-15-25(27(41)30(43)35-24-17-18-24)36-29(42)26-16-14-21-39(26)31(44)28(33(5,6)7)37-32(45)38-34(19-12-11-13-20-34)22-48(46,47)40(9-2)23(3)4/h23-26,28H,8-22H2,1-7H3,(H,35,43)(H,36,42)(H2,37,38,45)/t25?,26-,28+/m0/s1. The third-order valence-electron chi connectivity index (χ3n) is 9.74. The zero-order valence-electron chi connectivity index (χ0n) is 30.2. The van der Waals surface area contributed by atoms with Crippen molar-refractivity contribution in [3.63, 3.8) is 0 Å². The molecule has 0 aromatic heterocycles. The SMILES string of the molecule is CCCCC(NC(=O)[C@@H]1CCCN1C(=O)[C@@H](NC(=O)NC1(CS(=O)(=O)N(CC)C(C)C)CCCCC1)C(C)(C)C)C(=O)C(=O)NC1CC1. The van der Waals surface area contributed by atoms with Gasteiger partial charge in [-0.2, -0.15) is 4.31 Å². The summed E-state index contributed by atoms with van der Waals surface area (Å²) < 4.78 is 28.4. The number of hydrogen-bond donors (Lipinski definition) is 4. The van der Waals surface area contributed by atoms with E-state index in [0.29, 0.717) is 51.6 Å². The van der Waals surface area contributed by atoms with Crippen LogP contribution in [0.5, 0.6) is 0 Å². The molecule has 274 valence electrons. The van der Waals surface area contributed by atoms with Gasteiger partial charge < -0.3 is 26.2 Å². The Hall–Kier alpha value is -2.74. The normalized spacial score (nSPS) is 21.0. The number of carbonyl (C=O) groups is 5. The average molecular weight is 697 g/mol. The first kappa shape index (κ1) is 39.7. The number of likely N-dealkylation sites (tertiary alicyclic amines) is 1. The van der Waals surface area contributed by atoms with Gasteiger partial charge in [0.25, 0.3) is 5.91 Å². The van der Waals surface area contributed by atoms with E-state index in [1.54, 1.807) is 6.92 Å². The van der Waals surface area contributed by atoms with Gasteiger partial charge in [0.15, 0.2) is 0 Å². The van der Waals surface area contributed by atoms with Crippen molar-refractivity contribution < 1.29 is 32.4 Å². The first-order valence-electron chi connectivity index (χ1n) is 18.0. The number of amides is 5. The van der Waals surface area contributed by atoms with E-state index in [0.717, 1.165) is 38.5 Å².